The molecule has 8 heteroatoms. The molecule has 0 aromatic heterocycles. The summed E-state index contributed by atoms with van der Waals surface area (Å²) in [5, 5.41) is 3.34. The number of unbranched alkanes of at least 4 members (excludes halogenated alkanes) is 1. The molecule has 0 aromatic carbocycles. The fourth-order valence-corrected chi connectivity index (χ4v) is 2.92. The second-order valence-corrected chi connectivity index (χ2v) is 7.40. The van der Waals surface area contributed by atoms with Gasteiger partial charge in [0.05, 0.1) is 19.7 Å². The van der Waals surface area contributed by atoms with Crippen LogP contribution in [0.3, 0.4) is 0 Å². The molecule has 0 spiro atoms. The monoisotopic (exact) mass is 354 g/mol. The van der Waals surface area contributed by atoms with Crippen LogP contribution in [0.25, 0.3) is 0 Å². The zero-order valence-corrected chi connectivity index (χ0v) is 15.7. The van der Waals surface area contributed by atoms with Crippen molar-refractivity contribution < 1.29 is 19.1 Å². The summed E-state index contributed by atoms with van der Waals surface area (Å²) >= 11 is 0. The Hall–Kier alpha value is -1.99. The van der Waals surface area contributed by atoms with E-state index in [-0.39, 0.29) is 18.1 Å². The molecule has 1 N–H and O–H groups in total. The number of amides is 1. The van der Waals surface area contributed by atoms with E-state index in [0.717, 1.165) is 31.9 Å². The number of aliphatic imine (C=N–C) groups is 1. The largest absolute Gasteiger partial charge is 0.469 e. The van der Waals surface area contributed by atoms with E-state index in [4.69, 9.17) is 4.74 Å². The fraction of sp³-hybridized carbons (Fsp3) is 0.824. The summed E-state index contributed by atoms with van der Waals surface area (Å²) in [6.07, 6.45) is 1.87. The van der Waals surface area contributed by atoms with Crippen molar-refractivity contribution >= 4 is 18.0 Å². The van der Waals surface area contributed by atoms with E-state index in [0.29, 0.717) is 26.1 Å². The Morgan fingerprint density at radius 3 is 2.72 bits per heavy atom. The Morgan fingerprint density at radius 1 is 1.28 bits per heavy atom. The molecule has 0 aliphatic carbocycles. The maximum atomic E-state index is 12.2. The molecule has 0 saturated carbocycles. The molecule has 2 heterocycles. The first-order valence-corrected chi connectivity index (χ1v) is 8.90. The highest BCUT2D eigenvalue weighted by Gasteiger charge is 2.36. The van der Waals surface area contributed by atoms with Crippen molar-refractivity contribution in [2.75, 3.05) is 39.8 Å². The van der Waals surface area contributed by atoms with Crippen LogP contribution in [0.1, 0.15) is 40.0 Å². The van der Waals surface area contributed by atoms with Gasteiger partial charge in [0, 0.05) is 32.6 Å². The van der Waals surface area contributed by atoms with Gasteiger partial charge in [0.1, 0.15) is 5.60 Å². The molecule has 1 atom stereocenters. The summed E-state index contributed by atoms with van der Waals surface area (Å²) in [7, 11) is 1.41. The molecule has 1 unspecified atom stereocenters. The van der Waals surface area contributed by atoms with Crippen LogP contribution < -0.4 is 5.32 Å². The minimum Gasteiger partial charge on any atom is -0.469 e. The predicted octanol–water partition coefficient (Wildman–Crippen LogP) is 1.21. The highest BCUT2D eigenvalue weighted by atomic mass is 16.6. The van der Waals surface area contributed by atoms with Crippen molar-refractivity contribution in [2.24, 2.45) is 4.99 Å². The second-order valence-electron chi connectivity index (χ2n) is 7.40. The molecule has 2 aliphatic heterocycles. The SMILES string of the molecule is COC(=O)CCCCNC1=NCC2CN(C(=O)OC(C)(C)C)CCN12. The normalized spacial score (nSPS) is 20.0. The van der Waals surface area contributed by atoms with Gasteiger partial charge in [-0.05, 0) is 33.6 Å². The van der Waals surface area contributed by atoms with Crippen LogP contribution in [-0.2, 0) is 14.3 Å². The Balaban J connectivity index is 1.71. The van der Waals surface area contributed by atoms with E-state index in [1.54, 1.807) is 4.90 Å². The summed E-state index contributed by atoms with van der Waals surface area (Å²) in [5.41, 5.74) is -0.475. The molecule has 2 aliphatic rings. The predicted molar refractivity (Wildman–Crippen MR) is 94.5 cm³/mol. The zero-order chi connectivity index (χ0) is 18.4. The van der Waals surface area contributed by atoms with Gasteiger partial charge in [-0.15, -0.1) is 0 Å². The van der Waals surface area contributed by atoms with Gasteiger partial charge in [-0.3, -0.25) is 9.79 Å². The average molecular weight is 354 g/mol. The molecule has 25 heavy (non-hydrogen) atoms. The summed E-state index contributed by atoms with van der Waals surface area (Å²) in [4.78, 5) is 31.8. The molecule has 1 amide bonds. The van der Waals surface area contributed by atoms with Crippen molar-refractivity contribution in [3.63, 3.8) is 0 Å². The minimum absolute atomic E-state index is 0.170. The highest BCUT2D eigenvalue weighted by Crippen LogP contribution is 2.18. The third-order valence-electron chi connectivity index (χ3n) is 4.18. The third kappa shape index (κ3) is 5.79. The van der Waals surface area contributed by atoms with E-state index in [9.17, 15) is 9.59 Å². The molecule has 1 saturated heterocycles. The number of guanidine groups is 1. The van der Waals surface area contributed by atoms with Gasteiger partial charge in [-0.25, -0.2) is 4.79 Å². The standard InChI is InChI=1S/C17H30N4O4/c1-17(2,3)25-16(23)20-9-10-21-13(12-20)11-19-15(21)18-8-6-5-7-14(22)24-4/h13H,5-12H2,1-4H3,(H,18,19). The number of nitrogens with one attached hydrogen (secondary N) is 1. The van der Waals surface area contributed by atoms with Crippen molar-refractivity contribution in [1.29, 1.82) is 0 Å². The Labute approximate surface area is 149 Å². The first kappa shape index (κ1) is 19.3. The number of esters is 1. The lowest BCUT2D eigenvalue weighted by molar-refractivity contribution is -0.140. The van der Waals surface area contributed by atoms with Gasteiger partial charge in [-0.2, -0.15) is 0 Å². The van der Waals surface area contributed by atoms with Gasteiger partial charge in [-0.1, -0.05) is 0 Å². The first-order valence-electron chi connectivity index (χ1n) is 8.90. The molecule has 8 nitrogen and oxygen atoms in total. The van der Waals surface area contributed by atoms with Crippen molar-refractivity contribution in [3.05, 3.63) is 0 Å². The minimum atomic E-state index is -0.475. The number of rotatable bonds is 5. The number of fused-ring (bicyclic) bond motifs is 1. The van der Waals surface area contributed by atoms with Gasteiger partial charge < -0.3 is 24.6 Å². The van der Waals surface area contributed by atoms with Crippen LogP contribution in [0.5, 0.6) is 0 Å². The summed E-state index contributed by atoms with van der Waals surface area (Å²) in [5.74, 6) is 0.725. The van der Waals surface area contributed by atoms with Gasteiger partial charge in [0.2, 0.25) is 0 Å². The summed E-state index contributed by atoms with van der Waals surface area (Å²) < 4.78 is 10.1. The van der Waals surface area contributed by atoms with Crippen LogP contribution in [0, 0.1) is 0 Å². The topological polar surface area (TPSA) is 83.5 Å². The van der Waals surface area contributed by atoms with Crippen molar-refractivity contribution in [1.82, 2.24) is 15.1 Å². The molecule has 0 bridgehead atoms. The smallest absolute Gasteiger partial charge is 0.410 e. The fourth-order valence-electron chi connectivity index (χ4n) is 2.92. The molecule has 142 valence electrons. The third-order valence-corrected chi connectivity index (χ3v) is 4.18. The number of carbonyl (C=O) groups is 2. The number of carbonyl (C=O) groups excluding carboxylic acids is 2. The van der Waals surface area contributed by atoms with E-state index >= 15 is 0 Å². The Kier molecular flexibility index (Phi) is 6.50. The molecule has 1 fully saturated rings. The van der Waals surface area contributed by atoms with Crippen LogP contribution in [0.2, 0.25) is 0 Å². The Bertz CT molecular complexity index is 515. The highest BCUT2D eigenvalue weighted by molar-refractivity contribution is 5.82. The molecular formula is C17H30N4O4. The van der Waals surface area contributed by atoms with Crippen molar-refractivity contribution in [2.45, 2.75) is 51.7 Å². The second kappa shape index (κ2) is 8.40. The number of nitrogens with zero attached hydrogens (tertiary/aromatic N) is 3. The van der Waals surface area contributed by atoms with Crippen LogP contribution in [0.15, 0.2) is 4.99 Å². The number of hydrogen-bond donors (Lipinski definition) is 1. The quantitative estimate of drug-likeness (QED) is 0.590. The van der Waals surface area contributed by atoms with Crippen molar-refractivity contribution in [3.8, 4) is 0 Å². The average Bonchev–Trinajstić information content (AvgIpc) is 2.95. The number of methoxy groups -OCH3 is 1. The zero-order valence-electron chi connectivity index (χ0n) is 15.7. The first-order chi connectivity index (χ1) is 11.8. The van der Waals surface area contributed by atoms with Gasteiger partial charge >= 0.3 is 12.1 Å². The lowest BCUT2D eigenvalue weighted by Crippen LogP contribution is -2.57. The lowest BCUT2D eigenvalue weighted by Gasteiger charge is -2.39. The summed E-state index contributed by atoms with van der Waals surface area (Å²) in [6, 6.07) is 0.207. The van der Waals surface area contributed by atoms with Crippen LogP contribution in [-0.4, -0.2) is 79.3 Å². The van der Waals surface area contributed by atoms with E-state index in [1.807, 2.05) is 20.8 Å². The Morgan fingerprint density at radius 2 is 2.04 bits per heavy atom. The van der Waals surface area contributed by atoms with E-state index in [1.165, 1.54) is 7.11 Å². The van der Waals surface area contributed by atoms with Crippen LogP contribution >= 0.6 is 0 Å². The van der Waals surface area contributed by atoms with E-state index < -0.39 is 5.60 Å². The molecule has 0 radical (unpaired) electrons. The number of hydrogen-bond acceptors (Lipinski definition) is 7. The van der Waals surface area contributed by atoms with E-state index in [2.05, 4.69) is 19.9 Å². The summed E-state index contributed by atoms with van der Waals surface area (Å²) in [6.45, 7) is 9.10. The van der Waals surface area contributed by atoms with Gasteiger partial charge in [0.25, 0.3) is 0 Å². The number of ether oxygens (including phenoxy) is 2. The lowest BCUT2D eigenvalue weighted by atomic mass is 10.2. The van der Waals surface area contributed by atoms with Crippen LogP contribution in [0.4, 0.5) is 4.79 Å². The molecular weight excluding hydrogens is 324 g/mol. The maximum absolute atomic E-state index is 12.2. The number of piperazine rings is 1. The molecule has 0 aromatic rings. The maximum Gasteiger partial charge on any atom is 0.410 e. The van der Waals surface area contributed by atoms with Gasteiger partial charge in [0.15, 0.2) is 5.96 Å². The molecule has 2 rings (SSSR count).